The number of fused-ring (bicyclic) bond motifs is 1. The maximum Gasteiger partial charge on any atom is 0.273 e. The van der Waals surface area contributed by atoms with Crippen molar-refractivity contribution in [2.45, 2.75) is 5.75 Å². The van der Waals surface area contributed by atoms with Crippen LogP contribution in [0.1, 0.15) is 5.56 Å². The molecule has 3 aromatic rings. The Morgan fingerprint density at radius 2 is 1.95 bits per heavy atom. The molecule has 0 saturated heterocycles. The molecule has 2 N–H and O–H groups in total. The van der Waals surface area contributed by atoms with Gasteiger partial charge >= 0.3 is 0 Å². The Morgan fingerprint density at radius 1 is 1.19 bits per heavy atom. The summed E-state index contributed by atoms with van der Waals surface area (Å²) in [5.41, 5.74) is 0.275. The van der Waals surface area contributed by atoms with E-state index in [4.69, 9.17) is 0 Å². The minimum Gasteiger partial charge on any atom is -0.267 e. The molecule has 2 heterocycles. The molecular formula is C12H11N5O3S. The summed E-state index contributed by atoms with van der Waals surface area (Å²) >= 11 is 0. The number of nitrogens with zero attached hydrogens (tertiary/aromatic N) is 3. The van der Waals surface area contributed by atoms with E-state index in [1.54, 1.807) is 30.3 Å². The third-order valence-corrected chi connectivity index (χ3v) is 3.93. The van der Waals surface area contributed by atoms with E-state index in [0.29, 0.717) is 5.56 Å². The number of benzene rings is 1. The van der Waals surface area contributed by atoms with E-state index < -0.39 is 10.0 Å². The Balaban J connectivity index is 1.87. The Bertz CT molecular complexity index is 930. The number of nitrogens with one attached hydrogen (secondary N) is 2. The Hall–Kier alpha value is -2.68. The molecule has 21 heavy (non-hydrogen) atoms. The second-order valence-electron chi connectivity index (χ2n) is 4.34. The number of anilines is 1. The van der Waals surface area contributed by atoms with E-state index in [1.165, 1.54) is 12.3 Å². The van der Waals surface area contributed by atoms with Crippen LogP contribution in [0.25, 0.3) is 5.78 Å². The average Bonchev–Trinajstić information content (AvgIpc) is 2.82. The molecule has 0 aliphatic carbocycles. The van der Waals surface area contributed by atoms with Crippen LogP contribution in [0.5, 0.6) is 0 Å². The Labute approximate surface area is 119 Å². The van der Waals surface area contributed by atoms with Gasteiger partial charge in [-0.3, -0.25) is 14.6 Å². The van der Waals surface area contributed by atoms with Crippen LogP contribution in [0.15, 0.2) is 47.4 Å². The number of aromatic nitrogens is 4. The van der Waals surface area contributed by atoms with Crippen molar-refractivity contribution in [3.05, 3.63) is 58.5 Å². The van der Waals surface area contributed by atoms with Gasteiger partial charge in [0, 0.05) is 12.3 Å². The topological polar surface area (TPSA) is 109 Å². The molecule has 0 aliphatic heterocycles. The van der Waals surface area contributed by atoms with Crippen LogP contribution >= 0.6 is 0 Å². The van der Waals surface area contributed by atoms with Crippen molar-refractivity contribution >= 4 is 21.7 Å². The molecule has 0 aliphatic rings. The number of hydrogen-bond acceptors (Lipinski definition) is 5. The Morgan fingerprint density at radius 3 is 2.67 bits per heavy atom. The van der Waals surface area contributed by atoms with Gasteiger partial charge < -0.3 is 0 Å². The van der Waals surface area contributed by atoms with Gasteiger partial charge in [0.2, 0.25) is 16.0 Å². The predicted octanol–water partition coefficient (Wildman–Crippen LogP) is 0.359. The maximum absolute atomic E-state index is 12.1. The zero-order valence-corrected chi connectivity index (χ0v) is 11.5. The minimum absolute atomic E-state index is 0.0540. The molecule has 0 bridgehead atoms. The van der Waals surface area contributed by atoms with Gasteiger partial charge in [-0.15, -0.1) is 0 Å². The van der Waals surface area contributed by atoms with Crippen LogP contribution in [0, 0.1) is 0 Å². The van der Waals surface area contributed by atoms with Crippen molar-refractivity contribution in [2.24, 2.45) is 0 Å². The molecule has 0 radical (unpaired) electrons. The molecule has 108 valence electrons. The number of hydrogen-bond donors (Lipinski definition) is 2. The van der Waals surface area contributed by atoms with Crippen molar-refractivity contribution in [3.63, 3.8) is 0 Å². The van der Waals surface area contributed by atoms with Gasteiger partial charge in [0.15, 0.2) is 0 Å². The molecule has 8 nitrogen and oxygen atoms in total. The summed E-state index contributed by atoms with van der Waals surface area (Å²) in [7, 11) is -3.64. The van der Waals surface area contributed by atoms with Gasteiger partial charge in [0.1, 0.15) is 0 Å². The van der Waals surface area contributed by atoms with Gasteiger partial charge in [-0.2, -0.15) is 9.50 Å². The molecule has 0 saturated carbocycles. The fourth-order valence-corrected chi connectivity index (χ4v) is 2.93. The molecule has 0 amide bonds. The van der Waals surface area contributed by atoms with E-state index in [2.05, 4.69) is 19.8 Å². The average molecular weight is 305 g/mol. The van der Waals surface area contributed by atoms with Crippen LogP contribution in [0.3, 0.4) is 0 Å². The van der Waals surface area contributed by atoms with Gasteiger partial charge in [0.25, 0.3) is 11.3 Å². The molecule has 0 fully saturated rings. The number of aromatic amines is 1. The highest BCUT2D eigenvalue weighted by Crippen LogP contribution is 2.09. The lowest BCUT2D eigenvalue weighted by molar-refractivity contribution is 0.600. The SMILES string of the molecule is O=c1ccnc2nc(NS(=O)(=O)Cc3ccccc3)[nH]n12. The highest BCUT2D eigenvalue weighted by molar-refractivity contribution is 7.91. The molecule has 9 heteroatoms. The van der Waals surface area contributed by atoms with Crippen LogP contribution in [0.4, 0.5) is 5.95 Å². The van der Waals surface area contributed by atoms with Crippen molar-refractivity contribution in [1.29, 1.82) is 0 Å². The fourth-order valence-electron chi connectivity index (χ4n) is 1.84. The standard InChI is InChI=1S/C12H11N5O3S/c18-10-6-7-13-12-14-11(15-17(10)12)16-21(19,20)8-9-4-2-1-3-5-9/h1-7H,8H2,(H2,13,14,15,16). The lowest BCUT2D eigenvalue weighted by atomic mass is 10.2. The van der Waals surface area contributed by atoms with Gasteiger partial charge in [-0.25, -0.2) is 13.4 Å². The Kier molecular flexibility index (Phi) is 3.18. The zero-order valence-electron chi connectivity index (χ0n) is 10.7. The van der Waals surface area contributed by atoms with E-state index in [1.807, 2.05) is 0 Å². The van der Waals surface area contributed by atoms with Crippen molar-refractivity contribution in [1.82, 2.24) is 19.6 Å². The van der Waals surface area contributed by atoms with E-state index >= 15 is 0 Å². The molecule has 3 rings (SSSR count). The first-order valence-corrected chi connectivity index (χ1v) is 7.67. The lowest BCUT2D eigenvalue weighted by Crippen LogP contribution is -2.17. The second-order valence-corrected chi connectivity index (χ2v) is 6.06. The summed E-state index contributed by atoms with van der Waals surface area (Å²) in [6.45, 7) is 0. The predicted molar refractivity (Wildman–Crippen MR) is 76.3 cm³/mol. The first-order valence-electron chi connectivity index (χ1n) is 6.02. The van der Waals surface area contributed by atoms with Crippen molar-refractivity contribution in [3.8, 4) is 0 Å². The molecule has 2 aromatic heterocycles. The van der Waals surface area contributed by atoms with Crippen LogP contribution in [-0.2, 0) is 15.8 Å². The van der Waals surface area contributed by atoms with E-state index in [9.17, 15) is 13.2 Å². The molecule has 0 spiro atoms. The monoisotopic (exact) mass is 305 g/mol. The third-order valence-electron chi connectivity index (χ3n) is 2.71. The largest absolute Gasteiger partial charge is 0.273 e. The zero-order chi connectivity index (χ0) is 14.9. The number of H-pyrrole nitrogens is 1. The highest BCUT2D eigenvalue weighted by Gasteiger charge is 2.14. The highest BCUT2D eigenvalue weighted by atomic mass is 32.2. The van der Waals surface area contributed by atoms with Crippen LogP contribution in [-0.4, -0.2) is 28.0 Å². The molecule has 0 unspecified atom stereocenters. The van der Waals surface area contributed by atoms with E-state index in [-0.39, 0.29) is 23.0 Å². The van der Waals surface area contributed by atoms with Crippen molar-refractivity contribution < 1.29 is 8.42 Å². The lowest BCUT2D eigenvalue weighted by Gasteiger charge is -2.04. The molecule has 0 atom stereocenters. The van der Waals surface area contributed by atoms with Gasteiger partial charge in [-0.05, 0) is 5.56 Å². The summed E-state index contributed by atoms with van der Waals surface area (Å²) in [5.74, 6) is -0.144. The normalized spacial score (nSPS) is 11.6. The van der Waals surface area contributed by atoms with E-state index in [0.717, 1.165) is 4.52 Å². The first-order chi connectivity index (χ1) is 10.0. The summed E-state index contributed by atoms with van der Waals surface area (Å²) in [4.78, 5) is 19.3. The maximum atomic E-state index is 12.1. The summed E-state index contributed by atoms with van der Waals surface area (Å²) < 4.78 is 27.4. The van der Waals surface area contributed by atoms with Gasteiger partial charge in [0.05, 0.1) is 5.75 Å². The first kappa shape index (κ1) is 13.3. The minimum atomic E-state index is -3.64. The summed E-state index contributed by atoms with van der Waals surface area (Å²) in [6, 6.07) is 9.99. The smallest absolute Gasteiger partial charge is 0.267 e. The van der Waals surface area contributed by atoms with Crippen LogP contribution in [0.2, 0.25) is 0 Å². The summed E-state index contributed by atoms with van der Waals surface area (Å²) in [5, 5.41) is 2.55. The second kappa shape index (κ2) is 5.02. The summed E-state index contributed by atoms with van der Waals surface area (Å²) in [6.07, 6.45) is 1.31. The van der Waals surface area contributed by atoms with Gasteiger partial charge in [-0.1, -0.05) is 30.3 Å². The molecule has 1 aromatic carbocycles. The number of rotatable bonds is 4. The number of sulfonamides is 1. The molecular weight excluding hydrogens is 294 g/mol. The third kappa shape index (κ3) is 2.92. The quantitative estimate of drug-likeness (QED) is 0.723. The van der Waals surface area contributed by atoms with Crippen molar-refractivity contribution in [2.75, 3.05) is 4.72 Å². The fraction of sp³-hybridized carbons (Fsp3) is 0.0833. The van der Waals surface area contributed by atoms with Crippen LogP contribution < -0.4 is 10.3 Å².